The third kappa shape index (κ3) is 4.22. The Labute approximate surface area is 166 Å². The molecule has 0 bridgehead atoms. The molecule has 0 fully saturated rings. The quantitative estimate of drug-likeness (QED) is 0.657. The Morgan fingerprint density at radius 1 is 1.43 bits per heavy atom. The fourth-order valence-corrected chi connectivity index (χ4v) is 2.73. The number of benzene rings is 1. The number of amides is 1. The number of nitrogens with zero attached hydrogens (tertiary/aromatic N) is 4. The highest BCUT2D eigenvalue weighted by molar-refractivity contribution is 6.32. The molecule has 0 aliphatic heterocycles. The van der Waals surface area contributed by atoms with E-state index in [1.807, 2.05) is 19.1 Å². The maximum atomic E-state index is 12.2. The van der Waals surface area contributed by atoms with Crippen LogP contribution in [0.5, 0.6) is 0 Å². The number of hydrogen-bond acceptors (Lipinski definition) is 6. The molecule has 9 heteroatoms. The molecule has 0 saturated carbocycles. The zero-order chi connectivity index (χ0) is 20.3. The van der Waals surface area contributed by atoms with Gasteiger partial charge >= 0.3 is 0 Å². The fraction of sp³-hybridized carbons (Fsp3) is 0.263. The molecule has 0 saturated heterocycles. The standard InChI is InChI=1S/C19H18ClN5O3/c1-11(9-22-18(27)17-10-28-19(23-17)12(2)26)25-6-5-16(24-25)13-3-4-14(8-21)15(20)7-13/h3-7,10-12,26H,9H2,1-2H3,(H,22,27)/t11?,12-/m0/s1. The highest BCUT2D eigenvalue weighted by Crippen LogP contribution is 2.24. The molecule has 2 heterocycles. The van der Waals surface area contributed by atoms with Crippen LogP contribution < -0.4 is 5.32 Å². The molecule has 1 aromatic carbocycles. The Hall–Kier alpha value is -3.15. The van der Waals surface area contributed by atoms with Crippen molar-refractivity contribution in [1.82, 2.24) is 20.1 Å². The first-order valence-corrected chi connectivity index (χ1v) is 8.93. The third-order valence-electron chi connectivity index (χ3n) is 4.12. The van der Waals surface area contributed by atoms with Crippen molar-refractivity contribution in [1.29, 1.82) is 5.26 Å². The van der Waals surface area contributed by atoms with Crippen LogP contribution in [-0.4, -0.2) is 32.3 Å². The molecule has 2 N–H and O–H groups in total. The molecule has 0 aliphatic carbocycles. The van der Waals surface area contributed by atoms with Crippen molar-refractivity contribution in [2.24, 2.45) is 0 Å². The van der Waals surface area contributed by atoms with Gasteiger partial charge in [-0.25, -0.2) is 4.98 Å². The second-order valence-electron chi connectivity index (χ2n) is 6.29. The van der Waals surface area contributed by atoms with E-state index in [0.29, 0.717) is 22.8 Å². The molecule has 144 valence electrons. The van der Waals surface area contributed by atoms with Crippen molar-refractivity contribution < 1.29 is 14.3 Å². The van der Waals surface area contributed by atoms with Gasteiger partial charge in [-0.1, -0.05) is 17.7 Å². The molecule has 2 atom stereocenters. The van der Waals surface area contributed by atoms with Gasteiger partial charge in [0, 0.05) is 18.3 Å². The number of nitrogens with one attached hydrogen (secondary N) is 1. The van der Waals surface area contributed by atoms with Crippen LogP contribution in [0.2, 0.25) is 5.02 Å². The topological polar surface area (TPSA) is 117 Å². The Balaban J connectivity index is 1.64. The number of aliphatic hydroxyl groups is 1. The van der Waals surface area contributed by atoms with Crippen molar-refractivity contribution in [3.05, 3.63) is 58.9 Å². The maximum Gasteiger partial charge on any atom is 0.273 e. The van der Waals surface area contributed by atoms with Gasteiger partial charge in [0.05, 0.1) is 22.3 Å². The molecule has 1 unspecified atom stereocenters. The first kappa shape index (κ1) is 19.6. The van der Waals surface area contributed by atoms with Gasteiger partial charge in [0.25, 0.3) is 5.91 Å². The number of oxazole rings is 1. The molecule has 0 radical (unpaired) electrons. The van der Waals surface area contributed by atoms with Crippen molar-refractivity contribution in [3.8, 4) is 17.3 Å². The van der Waals surface area contributed by atoms with Crippen molar-refractivity contribution in [3.63, 3.8) is 0 Å². The molecule has 28 heavy (non-hydrogen) atoms. The van der Waals surface area contributed by atoms with Crippen LogP contribution in [-0.2, 0) is 0 Å². The highest BCUT2D eigenvalue weighted by Gasteiger charge is 2.16. The average Bonchev–Trinajstić information content (AvgIpc) is 3.35. The molecule has 3 rings (SSSR count). The smallest absolute Gasteiger partial charge is 0.273 e. The minimum Gasteiger partial charge on any atom is -0.445 e. The van der Waals surface area contributed by atoms with Crippen LogP contribution in [0.3, 0.4) is 0 Å². The summed E-state index contributed by atoms with van der Waals surface area (Å²) in [7, 11) is 0. The summed E-state index contributed by atoms with van der Waals surface area (Å²) in [5.41, 5.74) is 2.03. The molecule has 3 aromatic rings. The van der Waals surface area contributed by atoms with E-state index in [2.05, 4.69) is 15.4 Å². The Kier molecular flexibility index (Phi) is 5.78. The first-order valence-electron chi connectivity index (χ1n) is 8.56. The minimum absolute atomic E-state index is 0.0935. The SMILES string of the molecule is CC(CNC(=O)c1coc([C@H](C)O)n1)n1ccc(-c2ccc(C#N)c(Cl)c2)n1. The molecule has 8 nitrogen and oxygen atoms in total. The Morgan fingerprint density at radius 3 is 2.86 bits per heavy atom. The third-order valence-corrected chi connectivity index (χ3v) is 4.43. The van der Waals surface area contributed by atoms with Gasteiger partial charge < -0.3 is 14.8 Å². The van der Waals surface area contributed by atoms with Crippen LogP contribution in [0, 0.1) is 11.3 Å². The number of hydrogen-bond donors (Lipinski definition) is 2. The van der Waals surface area contributed by atoms with Gasteiger partial charge in [-0.15, -0.1) is 0 Å². The van der Waals surface area contributed by atoms with E-state index in [9.17, 15) is 9.90 Å². The monoisotopic (exact) mass is 399 g/mol. The molecular formula is C19H18ClN5O3. The summed E-state index contributed by atoms with van der Waals surface area (Å²) in [6.45, 7) is 3.74. The lowest BCUT2D eigenvalue weighted by atomic mass is 10.1. The number of carbonyl (C=O) groups excluding carboxylic acids is 1. The molecule has 1 amide bonds. The van der Waals surface area contributed by atoms with E-state index in [1.54, 1.807) is 29.1 Å². The second kappa shape index (κ2) is 8.25. The van der Waals surface area contributed by atoms with Crippen LogP contribution >= 0.6 is 11.6 Å². The van der Waals surface area contributed by atoms with E-state index < -0.39 is 12.0 Å². The zero-order valence-corrected chi connectivity index (χ0v) is 16.0. The molecular weight excluding hydrogens is 382 g/mol. The van der Waals surface area contributed by atoms with E-state index in [4.69, 9.17) is 21.3 Å². The summed E-state index contributed by atoms with van der Waals surface area (Å²) in [4.78, 5) is 16.1. The minimum atomic E-state index is -0.876. The van der Waals surface area contributed by atoms with Crippen LogP contribution in [0.25, 0.3) is 11.3 Å². The summed E-state index contributed by atoms with van der Waals surface area (Å²) in [5, 5.41) is 26.0. The highest BCUT2D eigenvalue weighted by atomic mass is 35.5. The summed E-state index contributed by atoms with van der Waals surface area (Å²) in [6, 6.07) is 8.88. The number of carbonyl (C=O) groups is 1. The summed E-state index contributed by atoms with van der Waals surface area (Å²) >= 11 is 6.08. The van der Waals surface area contributed by atoms with Crippen molar-refractivity contribution >= 4 is 17.5 Å². The lowest BCUT2D eigenvalue weighted by Gasteiger charge is -2.12. The van der Waals surface area contributed by atoms with Gasteiger partial charge in [0.2, 0.25) is 5.89 Å². The molecule has 0 aliphatic rings. The van der Waals surface area contributed by atoms with Gasteiger partial charge in [-0.3, -0.25) is 9.48 Å². The summed E-state index contributed by atoms with van der Waals surface area (Å²) in [5.74, 6) is -0.301. The van der Waals surface area contributed by atoms with Crippen molar-refractivity contribution in [2.45, 2.75) is 26.0 Å². The maximum absolute atomic E-state index is 12.2. The zero-order valence-electron chi connectivity index (χ0n) is 15.3. The Bertz CT molecular complexity index is 1030. The lowest BCUT2D eigenvalue weighted by molar-refractivity contribution is 0.0942. The number of rotatable bonds is 6. The first-order chi connectivity index (χ1) is 13.4. The predicted octanol–water partition coefficient (Wildman–Crippen LogP) is 3.11. The normalized spacial score (nSPS) is 13.0. The second-order valence-corrected chi connectivity index (χ2v) is 6.70. The largest absolute Gasteiger partial charge is 0.445 e. The number of halogens is 1. The molecule has 2 aromatic heterocycles. The van der Waals surface area contributed by atoms with Crippen molar-refractivity contribution in [2.75, 3.05) is 6.54 Å². The lowest BCUT2D eigenvalue weighted by Crippen LogP contribution is -2.30. The number of aromatic nitrogens is 3. The van der Waals surface area contributed by atoms with Crippen LogP contribution in [0.4, 0.5) is 0 Å². The van der Waals surface area contributed by atoms with Gasteiger partial charge in [-0.2, -0.15) is 10.4 Å². The fourth-order valence-electron chi connectivity index (χ4n) is 2.51. The summed E-state index contributed by atoms with van der Waals surface area (Å²) < 4.78 is 6.77. The molecule has 0 spiro atoms. The average molecular weight is 400 g/mol. The van der Waals surface area contributed by atoms with Gasteiger partial charge in [-0.05, 0) is 32.0 Å². The van der Waals surface area contributed by atoms with Gasteiger partial charge in [0.15, 0.2) is 5.69 Å². The van der Waals surface area contributed by atoms with E-state index >= 15 is 0 Å². The van der Waals surface area contributed by atoms with E-state index in [1.165, 1.54) is 13.2 Å². The number of aliphatic hydroxyl groups excluding tert-OH is 1. The number of nitriles is 1. The van der Waals surface area contributed by atoms with Crippen LogP contribution in [0.15, 0.2) is 41.1 Å². The van der Waals surface area contributed by atoms with Gasteiger partial charge in [0.1, 0.15) is 18.4 Å². The predicted molar refractivity (Wildman–Crippen MR) is 102 cm³/mol. The Morgan fingerprint density at radius 2 is 2.21 bits per heavy atom. The van der Waals surface area contributed by atoms with E-state index in [-0.39, 0.29) is 17.6 Å². The summed E-state index contributed by atoms with van der Waals surface area (Å²) in [6.07, 6.45) is 2.14. The van der Waals surface area contributed by atoms with Crippen LogP contribution in [0.1, 0.15) is 47.9 Å². The van der Waals surface area contributed by atoms with E-state index in [0.717, 1.165) is 5.56 Å².